The van der Waals surface area contributed by atoms with Crippen LogP contribution in [0.1, 0.15) is 26.2 Å². The van der Waals surface area contributed by atoms with Crippen LogP contribution in [0.4, 0.5) is 0 Å². The van der Waals surface area contributed by atoms with Gasteiger partial charge in [-0.25, -0.2) is 0 Å². The van der Waals surface area contributed by atoms with Crippen LogP contribution in [0.25, 0.3) is 0 Å². The van der Waals surface area contributed by atoms with Crippen LogP contribution in [0, 0.1) is 0 Å². The summed E-state index contributed by atoms with van der Waals surface area (Å²) in [5.41, 5.74) is 0. The second kappa shape index (κ2) is 6.35. The zero-order chi connectivity index (χ0) is 5.54. The molecular formula is C6H14S. The van der Waals surface area contributed by atoms with E-state index in [4.69, 9.17) is 0 Å². The van der Waals surface area contributed by atoms with E-state index in [0.717, 1.165) is 0 Å². The molecule has 0 aliphatic heterocycles. The van der Waals surface area contributed by atoms with Gasteiger partial charge >= 0.3 is 0 Å². The first-order valence-electron chi connectivity index (χ1n) is 2.90. The van der Waals surface area contributed by atoms with E-state index in [9.17, 15) is 0 Å². The summed E-state index contributed by atoms with van der Waals surface area (Å²) < 4.78 is 0. The van der Waals surface area contributed by atoms with Gasteiger partial charge in [-0.15, -0.1) is 0 Å². The molecule has 0 aromatic carbocycles. The summed E-state index contributed by atoms with van der Waals surface area (Å²) >= 11 is 1.94. The van der Waals surface area contributed by atoms with Gasteiger partial charge in [0.2, 0.25) is 0 Å². The molecule has 0 atom stereocenters. The zero-order valence-electron chi connectivity index (χ0n) is 5.24. The number of hydrogen-bond acceptors (Lipinski definition) is 1. The van der Waals surface area contributed by atoms with Gasteiger partial charge in [0, 0.05) is 0 Å². The van der Waals surface area contributed by atoms with Crippen LogP contribution in [0.15, 0.2) is 0 Å². The summed E-state index contributed by atoms with van der Waals surface area (Å²) in [6.07, 6.45) is 6.31. The Kier molecular flexibility index (Phi) is 6.67. The lowest BCUT2D eigenvalue weighted by Crippen LogP contribution is -1.75. The summed E-state index contributed by atoms with van der Waals surface area (Å²) in [4.78, 5) is 0. The standard InChI is InChI=1S/C6H14S/c1-3-4-5-6-7-2/h3-6H2,1-2H3. The van der Waals surface area contributed by atoms with Crippen molar-refractivity contribution in [2.45, 2.75) is 26.2 Å². The van der Waals surface area contributed by atoms with Gasteiger partial charge in [-0.3, -0.25) is 0 Å². The van der Waals surface area contributed by atoms with Crippen LogP contribution in [0.2, 0.25) is 0 Å². The summed E-state index contributed by atoms with van der Waals surface area (Å²) in [6, 6.07) is 0. The van der Waals surface area contributed by atoms with Gasteiger partial charge in [-0.2, -0.15) is 11.8 Å². The largest absolute Gasteiger partial charge is 0.165 e. The molecule has 0 nitrogen and oxygen atoms in total. The van der Waals surface area contributed by atoms with E-state index < -0.39 is 0 Å². The van der Waals surface area contributed by atoms with Crippen LogP contribution in [0.3, 0.4) is 0 Å². The molecule has 0 aliphatic rings. The average Bonchev–Trinajstić information content (AvgIpc) is 1.69. The molecule has 44 valence electrons. The van der Waals surface area contributed by atoms with Gasteiger partial charge < -0.3 is 0 Å². The molecule has 0 saturated heterocycles. The maximum atomic E-state index is 2.24. The van der Waals surface area contributed by atoms with Crippen molar-refractivity contribution in [1.82, 2.24) is 0 Å². The maximum absolute atomic E-state index is 2.24. The van der Waals surface area contributed by atoms with E-state index in [-0.39, 0.29) is 0 Å². The molecule has 0 bridgehead atoms. The predicted molar refractivity (Wildman–Crippen MR) is 37.9 cm³/mol. The Morgan fingerprint density at radius 2 is 2.00 bits per heavy atom. The Hall–Kier alpha value is 0.350. The van der Waals surface area contributed by atoms with Crippen molar-refractivity contribution >= 4 is 11.8 Å². The van der Waals surface area contributed by atoms with Gasteiger partial charge in [-0.1, -0.05) is 19.8 Å². The summed E-state index contributed by atoms with van der Waals surface area (Å²) in [7, 11) is 0. The lowest BCUT2D eigenvalue weighted by Gasteiger charge is -1.90. The van der Waals surface area contributed by atoms with Gasteiger partial charge in [0.1, 0.15) is 0 Å². The van der Waals surface area contributed by atoms with Crippen molar-refractivity contribution < 1.29 is 0 Å². The van der Waals surface area contributed by atoms with Crippen LogP contribution < -0.4 is 0 Å². The van der Waals surface area contributed by atoms with Crippen molar-refractivity contribution in [3.05, 3.63) is 0 Å². The van der Waals surface area contributed by atoms with Gasteiger partial charge in [0.25, 0.3) is 0 Å². The Morgan fingerprint density at radius 1 is 1.29 bits per heavy atom. The monoisotopic (exact) mass is 118 g/mol. The molecule has 0 aliphatic carbocycles. The summed E-state index contributed by atoms with van der Waals surface area (Å²) in [5.74, 6) is 1.34. The SMILES string of the molecule is CCCCCSC. The average molecular weight is 118 g/mol. The highest BCUT2D eigenvalue weighted by Crippen LogP contribution is 2.00. The third kappa shape index (κ3) is 6.35. The number of thioether (sulfide) groups is 1. The third-order valence-electron chi connectivity index (χ3n) is 0.952. The first-order chi connectivity index (χ1) is 3.41. The normalized spacial score (nSPS) is 9.43. The summed E-state index contributed by atoms with van der Waals surface area (Å²) in [6.45, 7) is 2.24. The van der Waals surface area contributed by atoms with E-state index in [1.165, 1.54) is 25.0 Å². The maximum Gasteiger partial charge on any atom is -0.00703 e. The topological polar surface area (TPSA) is 0 Å². The molecule has 0 unspecified atom stereocenters. The molecule has 7 heavy (non-hydrogen) atoms. The van der Waals surface area contributed by atoms with Crippen molar-refractivity contribution in [2.75, 3.05) is 12.0 Å². The van der Waals surface area contributed by atoms with E-state index in [2.05, 4.69) is 13.2 Å². The first-order valence-corrected chi connectivity index (χ1v) is 4.30. The predicted octanol–water partition coefficient (Wildman–Crippen LogP) is 2.54. The minimum absolute atomic E-state index is 1.34. The third-order valence-corrected chi connectivity index (χ3v) is 1.65. The Labute approximate surface area is 50.7 Å². The van der Waals surface area contributed by atoms with E-state index in [1.807, 2.05) is 11.8 Å². The van der Waals surface area contributed by atoms with Crippen molar-refractivity contribution in [2.24, 2.45) is 0 Å². The smallest absolute Gasteiger partial charge is 0.00703 e. The lowest BCUT2D eigenvalue weighted by atomic mass is 10.3. The highest BCUT2D eigenvalue weighted by Gasteiger charge is 1.80. The van der Waals surface area contributed by atoms with Gasteiger partial charge in [0.15, 0.2) is 0 Å². The Balaban J connectivity index is 2.45. The van der Waals surface area contributed by atoms with E-state index in [0.29, 0.717) is 0 Å². The fourth-order valence-corrected chi connectivity index (χ4v) is 0.989. The molecule has 0 radical (unpaired) electrons. The molecule has 0 heterocycles. The fraction of sp³-hybridized carbons (Fsp3) is 1.00. The van der Waals surface area contributed by atoms with Crippen LogP contribution in [-0.4, -0.2) is 12.0 Å². The van der Waals surface area contributed by atoms with Crippen LogP contribution in [-0.2, 0) is 0 Å². The van der Waals surface area contributed by atoms with Gasteiger partial charge in [-0.05, 0) is 18.4 Å². The molecule has 0 rings (SSSR count). The molecule has 0 saturated carbocycles. The number of hydrogen-bond donors (Lipinski definition) is 0. The highest BCUT2D eigenvalue weighted by molar-refractivity contribution is 7.98. The Bertz CT molecular complexity index is 23.4. The van der Waals surface area contributed by atoms with Gasteiger partial charge in [0.05, 0.1) is 0 Å². The Morgan fingerprint density at radius 3 is 2.43 bits per heavy atom. The number of unbranched alkanes of at least 4 members (excludes halogenated alkanes) is 2. The quantitative estimate of drug-likeness (QED) is 0.511. The van der Waals surface area contributed by atoms with Crippen molar-refractivity contribution in [1.29, 1.82) is 0 Å². The minimum Gasteiger partial charge on any atom is -0.165 e. The van der Waals surface area contributed by atoms with Crippen molar-refractivity contribution in [3.63, 3.8) is 0 Å². The van der Waals surface area contributed by atoms with E-state index in [1.54, 1.807) is 0 Å². The molecule has 0 fully saturated rings. The van der Waals surface area contributed by atoms with E-state index >= 15 is 0 Å². The number of rotatable bonds is 4. The molecule has 1 heteroatoms. The molecule has 0 spiro atoms. The molecule has 0 aromatic rings. The second-order valence-electron chi connectivity index (χ2n) is 1.70. The first kappa shape index (κ1) is 7.35. The molecule has 0 N–H and O–H groups in total. The van der Waals surface area contributed by atoms with Crippen LogP contribution >= 0.6 is 11.8 Å². The summed E-state index contributed by atoms with van der Waals surface area (Å²) in [5, 5.41) is 0. The van der Waals surface area contributed by atoms with Crippen molar-refractivity contribution in [3.8, 4) is 0 Å². The lowest BCUT2D eigenvalue weighted by molar-refractivity contribution is 0.779. The fourth-order valence-electron chi connectivity index (χ4n) is 0.496. The molecule has 0 amide bonds. The highest BCUT2D eigenvalue weighted by atomic mass is 32.2. The second-order valence-corrected chi connectivity index (χ2v) is 2.69. The molecule has 0 aromatic heterocycles. The minimum atomic E-state index is 1.34. The zero-order valence-corrected chi connectivity index (χ0v) is 6.05. The molecular weight excluding hydrogens is 104 g/mol. The van der Waals surface area contributed by atoms with Crippen LogP contribution in [0.5, 0.6) is 0 Å².